The summed E-state index contributed by atoms with van der Waals surface area (Å²) in [7, 11) is 0. The zero-order valence-electron chi connectivity index (χ0n) is 12.8. The van der Waals surface area contributed by atoms with Crippen LogP contribution in [-0.2, 0) is 4.79 Å². The topological polar surface area (TPSA) is 93.5 Å². The van der Waals surface area contributed by atoms with Gasteiger partial charge in [0, 0.05) is 19.0 Å². The molecule has 5 heteroatoms. The number of nitrogens with zero attached hydrogens (tertiary/aromatic N) is 1. The molecule has 0 aromatic carbocycles. The molecule has 0 saturated carbocycles. The number of nitrogens with two attached hydrogens (primary N) is 2. The molecule has 0 heterocycles. The normalized spacial score (nSPS) is 12.5. The molecule has 0 spiro atoms. The summed E-state index contributed by atoms with van der Waals surface area (Å²) < 4.78 is 0. The van der Waals surface area contributed by atoms with E-state index in [4.69, 9.17) is 11.5 Å². The summed E-state index contributed by atoms with van der Waals surface area (Å²) in [6.07, 6.45) is 2.72. The number of carbonyl (C=O) groups excluding carboxylic acids is 1. The van der Waals surface area contributed by atoms with Crippen molar-refractivity contribution >= 4 is 11.9 Å². The quantitative estimate of drug-likeness (QED) is 0.336. The number of unbranched alkanes of at least 4 members (excludes halogenated alkanes) is 1. The molecule has 112 valence electrons. The van der Waals surface area contributed by atoms with E-state index in [1.54, 1.807) is 0 Å². The highest BCUT2D eigenvalue weighted by atomic mass is 16.1. The fourth-order valence-corrected chi connectivity index (χ4v) is 1.98. The number of guanidine groups is 1. The van der Waals surface area contributed by atoms with Gasteiger partial charge in [-0.3, -0.25) is 9.79 Å². The van der Waals surface area contributed by atoms with Crippen LogP contribution in [0.2, 0.25) is 0 Å². The smallest absolute Gasteiger partial charge is 0.223 e. The largest absolute Gasteiger partial charge is 0.370 e. The third kappa shape index (κ3) is 9.33. The van der Waals surface area contributed by atoms with Crippen molar-refractivity contribution in [3.63, 3.8) is 0 Å². The van der Waals surface area contributed by atoms with Gasteiger partial charge in [0.05, 0.1) is 0 Å². The highest BCUT2D eigenvalue weighted by Crippen LogP contribution is 2.20. The minimum atomic E-state index is 0.109. The Bertz CT molecular complexity index is 283. The lowest BCUT2D eigenvalue weighted by Gasteiger charge is -2.22. The molecule has 0 aromatic rings. The van der Waals surface area contributed by atoms with Crippen molar-refractivity contribution < 1.29 is 4.79 Å². The molecule has 0 aliphatic rings. The van der Waals surface area contributed by atoms with Gasteiger partial charge in [0.15, 0.2) is 5.96 Å². The Morgan fingerprint density at radius 2 is 1.79 bits per heavy atom. The summed E-state index contributed by atoms with van der Waals surface area (Å²) >= 11 is 0. The fraction of sp³-hybridized carbons (Fsp3) is 0.857. The first-order chi connectivity index (χ1) is 8.84. The molecule has 1 atom stereocenters. The molecule has 0 unspecified atom stereocenters. The van der Waals surface area contributed by atoms with Crippen LogP contribution in [0.15, 0.2) is 4.99 Å². The van der Waals surface area contributed by atoms with Gasteiger partial charge < -0.3 is 16.8 Å². The minimum absolute atomic E-state index is 0.109. The molecule has 1 amide bonds. The van der Waals surface area contributed by atoms with Crippen molar-refractivity contribution in [2.45, 2.75) is 47.0 Å². The standard InChI is InChI=1S/C14H30N4O/c1-10(2)9-12(11(3)4)13(19)17-7-5-6-8-18-14(15)16/h10-12H,5-9H2,1-4H3,(H,17,19)(H4,15,16,18)/t12-/m1/s1. The maximum Gasteiger partial charge on any atom is 0.223 e. The maximum absolute atomic E-state index is 12.1. The second-order valence-corrected chi connectivity index (χ2v) is 5.78. The van der Waals surface area contributed by atoms with Gasteiger partial charge in [-0.15, -0.1) is 0 Å². The second-order valence-electron chi connectivity index (χ2n) is 5.78. The summed E-state index contributed by atoms with van der Waals surface area (Å²) in [6, 6.07) is 0. The second kappa shape index (κ2) is 9.64. The minimum Gasteiger partial charge on any atom is -0.370 e. The highest BCUT2D eigenvalue weighted by molar-refractivity contribution is 5.78. The van der Waals surface area contributed by atoms with Crippen molar-refractivity contribution in [1.29, 1.82) is 0 Å². The maximum atomic E-state index is 12.1. The van der Waals surface area contributed by atoms with Gasteiger partial charge in [0.2, 0.25) is 5.91 Å². The predicted molar refractivity (Wildman–Crippen MR) is 80.7 cm³/mol. The lowest BCUT2D eigenvalue weighted by Crippen LogP contribution is -2.35. The van der Waals surface area contributed by atoms with E-state index in [1.807, 2.05) is 0 Å². The van der Waals surface area contributed by atoms with Crippen LogP contribution in [0, 0.1) is 17.8 Å². The third-order valence-corrected chi connectivity index (χ3v) is 3.05. The first-order valence-electron chi connectivity index (χ1n) is 7.17. The first kappa shape index (κ1) is 17.7. The van der Waals surface area contributed by atoms with E-state index in [0.29, 0.717) is 24.9 Å². The molecule has 0 rings (SSSR count). The van der Waals surface area contributed by atoms with Crippen LogP contribution in [0.5, 0.6) is 0 Å². The van der Waals surface area contributed by atoms with Crippen LogP contribution in [0.1, 0.15) is 47.0 Å². The van der Waals surface area contributed by atoms with E-state index in [2.05, 4.69) is 38.0 Å². The van der Waals surface area contributed by atoms with Gasteiger partial charge in [0.1, 0.15) is 0 Å². The summed E-state index contributed by atoms with van der Waals surface area (Å²) in [5.74, 6) is 1.33. The molecule has 0 saturated heterocycles. The summed E-state index contributed by atoms with van der Waals surface area (Å²) in [4.78, 5) is 16.0. The molecule has 5 nitrogen and oxygen atoms in total. The van der Waals surface area contributed by atoms with Crippen molar-refractivity contribution in [2.24, 2.45) is 34.2 Å². The SMILES string of the molecule is CC(C)C[C@@H](C(=O)NCCCCN=C(N)N)C(C)C. The molecular formula is C14H30N4O. The number of amides is 1. The molecule has 5 N–H and O–H groups in total. The van der Waals surface area contributed by atoms with Gasteiger partial charge in [-0.05, 0) is 31.1 Å². The molecule has 0 aliphatic heterocycles. The lowest BCUT2D eigenvalue weighted by molar-refractivity contribution is -0.126. The molecular weight excluding hydrogens is 240 g/mol. The van der Waals surface area contributed by atoms with Gasteiger partial charge in [-0.25, -0.2) is 0 Å². The number of hydrogen-bond acceptors (Lipinski definition) is 2. The van der Waals surface area contributed by atoms with Gasteiger partial charge in [0.25, 0.3) is 0 Å². The number of rotatable bonds is 9. The number of nitrogens with one attached hydrogen (secondary N) is 1. The fourth-order valence-electron chi connectivity index (χ4n) is 1.98. The van der Waals surface area contributed by atoms with Gasteiger partial charge >= 0.3 is 0 Å². The van der Waals surface area contributed by atoms with Crippen molar-refractivity contribution in [3.8, 4) is 0 Å². The summed E-state index contributed by atoms with van der Waals surface area (Å²) in [6.45, 7) is 9.82. The van der Waals surface area contributed by atoms with E-state index in [0.717, 1.165) is 19.3 Å². The summed E-state index contributed by atoms with van der Waals surface area (Å²) in [5.41, 5.74) is 10.5. The number of aliphatic imine (C=N–C) groups is 1. The van der Waals surface area contributed by atoms with Crippen LogP contribution < -0.4 is 16.8 Å². The number of carbonyl (C=O) groups is 1. The van der Waals surface area contributed by atoms with Crippen LogP contribution in [0.4, 0.5) is 0 Å². The van der Waals surface area contributed by atoms with Crippen molar-refractivity contribution in [1.82, 2.24) is 5.32 Å². The molecule has 0 fully saturated rings. The van der Waals surface area contributed by atoms with Crippen LogP contribution in [-0.4, -0.2) is 25.0 Å². The zero-order chi connectivity index (χ0) is 14.8. The highest BCUT2D eigenvalue weighted by Gasteiger charge is 2.22. The molecule has 0 radical (unpaired) electrons. The van der Waals surface area contributed by atoms with E-state index in [9.17, 15) is 4.79 Å². The first-order valence-corrected chi connectivity index (χ1v) is 7.17. The van der Waals surface area contributed by atoms with E-state index < -0.39 is 0 Å². The number of hydrogen-bond donors (Lipinski definition) is 3. The van der Waals surface area contributed by atoms with Crippen molar-refractivity contribution in [2.75, 3.05) is 13.1 Å². The van der Waals surface area contributed by atoms with E-state index in [1.165, 1.54) is 0 Å². The van der Waals surface area contributed by atoms with Crippen molar-refractivity contribution in [3.05, 3.63) is 0 Å². The Morgan fingerprint density at radius 1 is 1.16 bits per heavy atom. The average Bonchev–Trinajstić information content (AvgIpc) is 2.29. The zero-order valence-corrected chi connectivity index (χ0v) is 12.8. The Kier molecular flexibility index (Phi) is 9.00. The third-order valence-electron chi connectivity index (χ3n) is 3.05. The summed E-state index contributed by atoms with van der Waals surface area (Å²) in [5, 5.41) is 3.01. The van der Waals surface area contributed by atoms with Crippen LogP contribution >= 0.6 is 0 Å². The molecule has 0 aromatic heterocycles. The van der Waals surface area contributed by atoms with Gasteiger partial charge in [-0.2, -0.15) is 0 Å². The van der Waals surface area contributed by atoms with E-state index >= 15 is 0 Å². The van der Waals surface area contributed by atoms with Crippen LogP contribution in [0.3, 0.4) is 0 Å². The molecule has 0 bridgehead atoms. The Morgan fingerprint density at radius 3 is 2.26 bits per heavy atom. The molecule has 19 heavy (non-hydrogen) atoms. The van der Waals surface area contributed by atoms with Crippen LogP contribution in [0.25, 0.3) is 0 Å². The molecule has 0 aliphatic carbocycles. The predicted octanol–water partition coefficient (Wildman–Crippen LogP) is 1.47. The Balaban J connectivity index is 3.90. The monoisotopic (exact) mass is 270 g/mol. The van der Waals surface area contributed by atoms with E-state index in [-0.39, 0.29) is 17.8 Å². The Hall–Kier alpha value is -1.26. The Labute approximate surface area is 117 Å². The lowest BCUT2D eigenvalue weighted by atomic mass is 9.87. The van der Waals surface area contributed by atoms with Gasteiger partial charge in [-0.1, -0.05) is 27.7 Å². The average molecular weight is 270 g/mol.